The molecule has 0 saturated carbocycles. The summed E-state index contributed by atoms with van der Waals surface area (Å²) in [6.07, 6.45) is 0.946. The van der Waals surface area contributed by atoms with Crippen molar-refractivity contribution < 1.29 is 24.1 Å². The molecular weight excluding hydrogens is 452 g/mol. The molecule has 0 aliphatic carbocycles. The molecule has 0 radical (unpaired) electrons. The van der Waals surface area contributed by atoms with E-state index in [4.69, 9.17) is 14.2 Å². The van der Waals surface area contributed by atoms with Gasteiger partial charge in [-0.3, -0.25) is 9.69 Å². The van der Waals surface area contributed by atoms with Gasteiger partial charge < -0.3 is 19.3 Å². The topological polar surface area (TPSA) is 92.0 Å². The van der Waals surface area contributed by atoms with Crippen molar-refractivity contribution in [2.45, 2.75) is 38.3 Å². The zero-order valence-corrected chi connectivity index (χ0v) is 20.4. The van der Waals surface area contributed by atoms with E-state index >= 15 is 0 Å². The molecule has 2 aromatic carbocycles. The Kier molecular flexibility index (Phi) is 7.05. The first-order valence-corrected chi connectivity index (χ1v) is 12.3. The van der Waals surface area contributed by atoms with E-state index in [1.165, 1.54) is 16.7 Å². The first-order chi connectivity index (χ1) is 16.5. The van der Waals surface area contributed by atoms with Crippen LogP contribution in [0, 0.1) is 11.3 Å². The second kappa shape index (κ2) is 10.00. The average Bonchev–Trinajstić information content (AvgIpc) is 3.22. The molecule has 0 aromatic heterocycles. The van der Waals surface area contributed by atoms with Crippen molar-refractivity contribution >= 4 is 17.7 Å². The molecule has 1 fully saturated rings. The van der Waals surface area contributed by atoms with Crippen LogP contribution in [0.25, 0.3) is 0 Å². The molecule has 1 N–H and O–H groups in total. The maximum atomic E-state index is 13.4. The van der Waals surface area contributed by atoms with Crippen molar-refractivity contribution in [2.75, 3.05) is 26.1 Å². The molecule has 7 nitrogen and oxygen atoms in total. The number of hydrogen-bond acceptors (Lipinski definition) is 7. The third-order valence-corrected chi connectivity index (χ3v) is 7.21. The number of nitriles is 1. The van der Waals surface area contributed by atoms with Crippen LogP contribution >= 0.6 is 11.8 Å². The van der Waals surface area contributed by atoms with Gasteiger partial charge in [0, 0.05) is 17.9 Å². The van der Waals surface area contributed by atoms with Gasteiger partial charge in [0.1, 0.15) is 5.75 Å². The lowest BCUT2D eigenvalue weighted by atomic mass is 9.85. The van der Waals surface area contributed by atoms with Gasteiger partial charge >= 0.3 is 0 Å². The molecule has 1 saturated heterocycles. The summed E-state index contributed by atoms with van der Waals surface area (Å²) >= 11 is 1.33. The highest BCUT2D eigenvalue weighted by Gasteiger charge is 2.51. The number of nitrogens with zero attached hydrogens (tertiary/aromatic N) is 2. The summed E-state index contributed by atoms with van der Waals surface area (Å²) in [4.78, 5) is 14.8. The molecule has 4 rings (SSSR count). The number of carbonyl (C=O) groups is 1. The normalized spacial score (nSPS) is 21.8. The molecular formula is C26H28N2O5S. The van der Waals surface area contributed by atoms with Gasteiger partial charge in [0.2, 0.25) is 5.91 Å². The maximum Gasteiger partial charge on any atom is 0.231 e. The molecule has 0 bridgehead atoms. The zero-order valence-electron chi connectivity index (χ0n) is 19.5. The number of carbonyl (C=O) groups excluding carboxylic acids is 1. The number of allylic oxidation sites excluding steroid dienone is 1. The van der Waals surface area contributed by atoms with Gasteiger partial charge in [0.05, 0.1) is 42.7 Å². The van der Waals surface area contributed by atoms with Crippen LogP contribution in [0.3, 0.4) is 0 Å². The fourth-order valence-corrected chi connectivity index (χ4v) is 5.70. The molecule has 0 spiro atoms. The third-order valence-electron chi connectivity index (χ3n) is 5.99. The van der Waals surface area contributed by atoms with Crippen LogP contribution < -0.4 is 14.2 Å². The highest BCUT2D eigenvalue weighted by atomic mass is 32.2. The van der Waals surface area contributed by atoms with Crippen LogP contribution in [0.15, 0.2) is 53.1 Å². The van der Waals surface area contributed by atoms with E-state index in [0.29, 0.717) is 46.6 Å². The summed E-state index contributed by atoms with van der Waals surface area (Å²) in [7, 11) is 1.57. The van der Waals surface area contributed by atoms with Crippen molar-refractivity contribution in [1.82, 2.24) is 4.90 Å². The van der Waals surface area contributed by atoms with Crippen LogP contribution in [-0.2, 0) is 10.5 Å². The van der Waals surface area contributed by atoms with Gasteiger partial charge in [-0.25, -0.2) is 0 Å². The van der Waals surface area contributed by atoms with Gasteiger partial charge in [-0.15, -0.1) is 11.8 Å². The standard InChI is InChI=1S/C26H28N2O5S/c1-4-12-33-22-11-6-17(13-23(22)31-3)20-14-24(29)28-25(21(20)15-27)34-16-26(28,30)18-7-9-19(10-8-18)32-5-2/h6-11,13,20,30H,4-5,12,14,16H2,1-3H3/t20-,26-/m1/s1. The Morgan fingerprint density at radius 2 is 1.94 bits per heavy atom. The quantitative estimate of drug-likeness (QED) is 0.594. The Balaban J connectivity index is 1.69. The van der Waals surface area contributed by atoms with Crippen LogP contribution in [-0.4, -0.2) is 42.0 Å². The number of ether oxygens (including phenoxy) is 3. The summed E-state index contributed by atoms with van der Waals surface area (Å²) in [5, 5.41) is 22.2. The van der Waals surface area contributed by atoms with Crippen molar-refractivity contribution in [3.05, 3.63) is 64.2 Å². The van der Waals surface area contributed by atoms with Gasteiger partial charge in [-0.05, 0) is 43.2 Å². The van der Waals surface area contributed by atoms with Crippen LogP contribution in [0.1, 0.15) is 43.7 Å². The highest BCUT2D eigenvalue weighted by Crippen LogP contribution is 2.52. The molecule has 2 aromatic rings. The summed E-state index contributed by atoms with van der Waals surface area (Å²) in [6, 6.07) is 14.9. The summed E-state index contributed by atoms with van der Waals surface area (Å²) in [6.45, 7) is 5.04. The molecule has 0 unspecified atom stereocenters. The minimum Gasteiger partial charge on any atom is -0.494 e. The Bertz CT molecular complexity index is 1140. The van der Waals surface area contributed by atoms with Gasteiger partial charge in [0.15, 0.2) is 17.2 Å². The Morgan fingerprint density at radius 3 is 2.59 bits per heavy atom. The minimum atomic E-state index is -1.52. The predicted octanol–water partition coefficient (Wildman–Crippen LogP) is 4.53. The number of methoxy groups -OCH3 is 1. The molecule has 2 aliphatic heterocycles. The minimum absolute atomic E-state index is 0.0740. The monoisotopic (exact) mass is 480 g/mol. The van der Waals surface area contributed by atoms with E-state index in [-0.39, 0.29) is 18.1 Å². The number of amides is 1. The fraction of sp³-hybridized carbons (Fsp3) is 0.385. The summed E-state index contributed by atoms with van der Waals surface area (Å²) in [5.74, 6) is 1.47. The largest absolute Gasteiger partial charge is 0.494 e. The van der Waals surface area contributed by atoms with Crippen LogP contribution in [0.5, 0.6) is 17.2 Å². The van der Waals surface area contributed by atoms with Gasteiger partial charge in [-0.1, -0.05) is 25.1 Å². The van der Waals surface area contributed by atoms with Crippen molar-refractivity contribution in [2.24, 2.45) is 0 Å². The maximum absolute atomic E-state index is 13.4. The first kappa shape index (κ1) is 24.0. The third kappa shape index (κ3) is 4.22. The number of aliphatic hydroxyl groups is 1. The lowest BCUT2D eigenvalue weighted by molar-refractivity contribution is -0.149. The number of hydrogen-bond donors (Lipinski definition) is 1. The fourth-order valence-electron chi connectivity index (χ4n) is 4.34. The molecule has 178 valence electrons. The molecule has 2 atom stereocenters. The molecule has 2 heterocycles. The predicted molar refractivity (Wildman–Crippen MR) is 130 cm³/mol. The Hall–Kier alpha value is -3.15. The lowest BCUT2D eigenvalue weighted by Crippen LogP contribution is -2.48. The first-order valence-electron chi connectivity index (χ1n) is 11.3. The van der Waals surface area contributed by atoms with Crippen LogP contribution in [0.2, 0.25) is 0 Å². The van der Waals surface area contributed by atoms with E-state index in [2.05, 4.69) is 6.07 Å². The van der Waals surface area contributed by atoms with Crippen molar-refractivity contribution in [3.63, 3.8) is 0 Å². The lowest BCUT2D eigenvalue weighted by Gasteiger charge is -2.38. The molecule has 34 heavy (non-hydrogen) atoms. The molecule has 1 amide bonds. The highest BCUT2D eigenvalue weighted by molar-refractivity contribution is 8.03. The second-order valence-electron chi connectivity index (χ2n) is 8.14. The zero-order chi connectivity index (χ0) is 24.3. The number of fused-ring (bicyclic) bond motifs is 1. The average molecular weight is 481 g/mol. The Morgan fingerprint density at radius 1 is 1.18 bits per heavy atom. The SMILES string of the molecule is CCCOc1ccc([C@H]2CC(=O)N3C(=C2C#N)SC[C@@]3(O)c2ccc(OCC)cc2)cc1OC. The van der Waals surface area contributed by atoms with Gasteiger partial charge in [0.25, 0.3) is 0 Å². The van der Waals surface area contributed by atoms with E-state index in [0.717, 1.165) is 12.0 Å². The number of rotatable bonds is 8. The van der Waals surface area contributed by atoms with Crippen LogP contribution in [0.4, 0.5) is 0 Å². The molecule has 2 aliphatic rings. The Labute approximate surface area is 203 Å². The van der Waals surface area contributed by atoms with Crippen molar-refractivity contribution in [3.8, 4) is 23.3 Å². The molecule has 8 heteroatoms. The number of thioether (sulfide) groups is 1. The smallest absolute Gasteiger partial charge is 0.231 e. The van der Waals surface area contributed by atoms with E-state index in [1.807, 2.05) is 32.0 Å². The second-order valence-corrected chi connectivity index (χ2v) is 9.10. The van der Waals surface area contributed by atoms with Crippen molar-refractivity contribution in [1.29, 1.82) is 5.26 Å². The van der Waals surface area contributed by atoms with E-state index < -0.39 is 11.6 Å². The van der Waals surface area contributed by atoms with Gasteiger partial charge in [-0.2, -0.15) is 5.26 Å². The summed E-state index contributed by atoms with van der Waals surface area (Å²) < 4.78 is 16.7. The summed E-state index contributed by atoms with van der Waals surface area (Å²) in [5.41, 5.74) is 0.331. The van der Waals surface area contributed by atoms with E-state index in [9.17, 15) is 15.2 Å². The van der Waals surface area contributed by atoms with E-state index in [1.54, 1.807) is 31.4 Å². The number of benzene rings is 2.